The Morgan fingerprint density at radius 2 is 1.78 bits per heavy atom. The molecule has 0 radical (unpaired) electrons. The molecule has 1 fully saturated rings. The monoisotopic (exact) mass is 675 g/mol. The Bertz CT molecular complexity index is 1290. The number of nitrogens with one attached hydrogen (secondary N) is 2. The van der Waals surface area contributed by atoms with Gasteiger partial charge in [-0.15, -0.1) is 23.5 Å². The van der Waals surface area contributed by atoms with Gasteiger partial charge in [0, 0.05) is 35.1 Å². The van der Waals surface area contributed by atoms with Crippen LogP contribution in [0, 0.1) is 0 Å². The van der Waals surface area contributed by atoms with Crippen molar-refractivity contribution in [1.29, 1.82) is 0 Å². The molecular weight excluding hydrogens is 641 g/mol. The van der Waals surface area contributed by atoms with Gasteiger partial charge in [-0.2, -0.15) is 4.98 Å². The number of carbonyl (C=O) groups excluding carboxylic acids is 1. The minimum Gasteiger partial charge on any atom is -0.362 e. The number of nitrogens with zero attached hydrogens (tertiary/aromatic N) is 3. The topological polar surface area (TPSA) is 104 Å². The van der Waals surface area contributed by atoms with Crippen molar-refractivity contribution in [3.05, 3.63) is 32.8 Å². The van der Waals surface area contributed by atoms with E-state index in [1.807, 2.05) is 49.5 Å². The summed E-state index contributed by atoms with van der Waals surface area (Å²) in [6.07, 6.45) is 5.36. The number of hydrogen-bond acceptors (Lipinski definition) is 9. The third kappa shape index (κ3) is 6.17. The van der Waals surface area contributed by atoms with Crippen LogP contribution in [0.25, 0.3) is 10.9 Å². The van der Waals surface area contributed by atoms with Gasteiger partial charge in [0.2, 0.25) is 5.95 Å². The molecule has 0 saturated heterocycles. The van der Waals surface area contributed by atoms with Crippen molar-refractivity contribution in [3.8, 4) is 0 Å². The maximum absolute atomic E-state index is 13.2. The lowest BCUT2D eigenvalue weighted by atomic mass is 9.91. The molecule has 2 atom stereocenters. The number of carbonyl (C=O) groups is 1. The molecule has 1 aromatic carbocycles. The van der Waals surface area contributed by atoms with E-state index in [0.29, 0.717) is 14.4 Å². The van der Waals surface area contributed by atoms with E-state index in [9.17, 15) is 13.2 Å². The van der Waals surface area contributed by atoms with Crippen LogP contribution in [-0.4, -0.2) is 71.8 Å². The largest absolute Gasteiger partial charge is 0.362 e. The van der Waals surface area contributed by atoms with Gasteiger partial charge in [-0.1, -0.05) is 12.1 Å². The molecule has 1 aliphatic heterocycles. The molecule has 12 heteroatoms. The quantitative estimate of drug-likeness (QED) is 0.382. The van der Waals surface area contributed by atoms with Crippen LogP contribution in [0.5, 0.6) is 0 Å². The van der Waals surface area contributed by atoms with Crippen molar-refractivity contribution < 1.29 is 13.2 Å². The van der Waals surface area contributed by atoms with Crippen molar-refractivity contribution in [3.63, 3.8) is 0 Å². The summed E-state index contributed by atoms with van der Waals surface area (Å²) in [5.74, 6) is 1.35. The number of halogens is 1. The maximum atomic E-state index is 13.2. The molecule has 8 nitrogen and oxygen atoms in total. The van der Waals surface area contributed by atoms with Crippen LogP contribution in [-0.2, 0) is 14.6 Å². The molecular formula is C25H34IN5O3S3. The Kier molecular flexibility index (Phi) is 9.22. The van der Waals surface area contributed by atoms with Crippen molar-refractivity contribution in [2.45, 2.75) is 66.7 Å². The smallest absolute Gasteiger partial charge is 0.258 e. The lowest BCUT2D eigenvalue weighted by Crippen LogP contribution is -2.40. The average molecular weight is 676 g/mol. The number of amides is 1. The van der Waals surface area contributed by atoms with E-state index >= 15 is 0 Å². The first-order valence-corrected chi connectivity index (χ1v) is 17.2. The summed E-state index contributed by atoms with van der Waals surface area (Å²) in [5, 5.41) is 6.58. The van der Waals surface area contributed by atoms with Crippen LogP contribution in [0.3, 0.4) is 0 Å². The minimum atomic E-state index is -3.36. The van der Waals surface area contributed by atoms with Gasteiger partial charge >= 0.3 is 0 Å². The van der Waals surface area contributed by atoms with Crippen LogP contribution < -0.4 is 15.5 Å². The van der Waals surface area contributed by atoms with E-state index in [0.717, 1.165) is 42.4 Å². The highest BCUT2D eigenvalue weighted by Crippen LogP contribution is 2.49. The summed E-state index contributed by atoms with van der Waals surface area (Å²) in [5.41, 5.74) is 0.905. The predicted molar refractivity (Wildman–Crippen MR) is 165 cm³/mol. The normalized spacial score (nSPS) is 24.5. The van der Waals surface area contributed by atoms with E-state index < -0.39 is 20.3 Å². The van der Waals surface area contributed by atoms with Crippen LogP contribution in [0.1, 0.15) is 39.5 Å². The molecule has 4 rings (SSSR count). The van der Waals surface area contributed by atoms with Crippen molar-refractivity contribution >= 4 is 84.5 Å². The van der Waals surface area contributed by atoms with Gasteiger partial charge in [-0.05, 0) is 80.5 Å². The van der Waals surface area contributed by atoms with Gasteiger partial charge in [0.05, 0.1) is 20.3 Å². The van der Waals surface area contributed by atoms with Crippen LogP contribution in [0.2, 0.25) is 0 Å². The van der Waals surface area contributed by atoms with E-state index in [4.69, 9.17) is 9.97 Å². The second-order valence-corrected chi connectivity index (χ2v) is 16.1. The Morgan fingerprint density at radius 3 is 2.41 bits per heavy atom. The number of aromatic nitrogens is 2. The first-order valence-electron chi connectivity index (χ1n) is 12.4. The molecule has 2 unspecified atom stereocenters. The van der Waals surface area contributed by atoms with Crippen LogP contribution in [0.15, 0.2) is 32.8 Å². The Labute approximate surface area is 241 Å². The number of hydrogen-bond donors (Lipinski definition) is 2. The minimum absolute atomic E-state index is 0.0613. The number of para-hydroxylation sites is 1. The molecule has 1 aliphatic carbocycles. The Morgan fingerprint density at radius 1 is 1.14 bits per heavy atom. The fourth-order valence-corrected chi connectivity index (χ4v) is 12.0. The lowest BCUT2D eigenvalue weighted by Gasteiger charge is -2.30. The highest BCUT2D eigenvalue weighted by molar-refractivity contribution is 14.1. The van der Waals surface area contributed by atoms with Crippen molar-refractivity contribution in [2.24, 2.45) is 0 Å². The Hall–Kier alpha value is -1.25. The van der Waals surface area contributed by atoms with Gasteiger partial charge in [-0.25, -0.2) is 13.4 Å². The molecule has 2 aliphatic rings. The molecule has 37 heavy (non-hydrogen) atoms. The SMILES string of the molecule is CSC1SC(C(=O)NC2CCC(Nc3nc(N(C)C)c4ccccc4n3)CC2)=C(I)C1S(=O)(=O)C(C)C. The second-order valence-electron chi connectivity index (χ2n) is 9.91. The van der Waals surface area contributed by atoms with Crippen LogP contribution in [0.4, 0.5) is 11.8 Å². The molecule has 2 heterocycles. The third-order valence-electron chi connectivity index (χ3n) is 6.80. The summed E-state index contributed by atoms with van der Waals surface area (Å²) in [6.45, 7) is 3.41. The average Bonchev–Trinajstić information content (AvgIpc) is 3.21. The van der Waals surface area contributed by atoms with E-state index in [1.165, 1.54) is 23.5 Å². The zero-order valence-electron chi connectivity index (χ0n) is 21.7. The van der Waals surface area contributed by atoms with Crippen molar-refractivity contribution in [1.82, 2.24) is 15.3 Å². The van der Waals surface area contributed by atoms with Gasteiger partial charge in [0.15, 0.2) is 9.84 Å². The fraction of sp³-hybridized carbons (Fsp3) is 0.560. The predicted octanol–water partition coefficient (Wildman–Crippen LogP) is 4.81. The number of fused-ring (bicyclic) bond motifs is 1. The third-order valence-corrected chi connectivity index (χ3v) is 14.4. The van der Waals surface area contributed by atoms with Gasteiger partial charge < -0.3 is 15.5 Å². The lowest BCUT2D eigenvalue weighted by molar-refractivity contribution is -0.117. The molecule has 0 spiro atoms. The van der Waals surface area contributed by atoms with Gasteiger partial charge in [0.25, 0.3) is 5.91 Å². The molecule has 2 N–H and O–H groups in total. The molecule has 1 amide bonds. The molecule has 0 bridgehead atoms. The fourth-order valence-electron chi connectivity index (χ4n) is 4.69. The summed E-state index contributed by atoms with van der Waals surface area (Å²) in [6, 6.07) is 8.29. The number of benzene rings is 1. The van der Waals surface area contributed by atoms with Gasteiger partial charge in [0.1, 0.15) is 11.1 Å². The summed E-state index contributed by atoms with van der Waals surface area (Å²) >= 11 is 4.95. The first-order chi connectivity index (χ1) is 17.5. The summed E-state index contributed by atoms with van der Waals surface area (Å²) < 4.78 is 26.4. The first kappa shape index (κ1) is 28.8. The summed E-state index contributed by atoms with van der Waals surface area (Å²) in [7, 11) is 0.603. The molecule has 1 aromatic heterocycles. The zero-order valence-corrected chi connectivity index (χ0v) is 26.3. The van der Waals surface area contributed by atoms with E-state index in [-0.39, 0.29) is 22.6 Å². The van der Waals surface area contributed by atoms with E-state index in [2.05, 4.69) is 33.2 Å². The highest BCUT2D eigenvalue weighted by atomic mass is 127. The number of anilines is 2. The highest BCUT2D eigenvalue weighted by Gasteiger charge is 2.46. The standard InChI is InChI=1S/C25H34IN5O3S3/c1-14(2)37(33,34)21-19(26)20(36-24(21)35-5)23(32)27-15-10-12-16(13-11-15)28-25-29-18-9-7-6-8-17(18)22(30-25)31(3)4/h6-9,14-16,21,24H,10-13H2,1-5H3,(H,27,32)(H,28,29,30). The number of sulfone groups is 1. The van der Waals surface area contributed by atoms with Crippen LogP contribution >= 0.6 is 46.1 Å². The Balaban J connectivity index is 1.39. The maximum Gasteiger partial charge on any atom is 0.258 e. The number of thioether (sulfide) groups is 2. The summed E-state index contributed by atoms with van der Waals surface area (Å²) in [4.78, 5) is 25.2. The molecule has 2 aromatic rings. The molecule has 1 saturated carbocycles. The van der Waals surface area contributed by atoms with Crippen molar-refractivity contribution in [2.75, 3.05) is 30.6 Å². The number of rotatable bonds is 8. The van der Waals surface area contributed by atoms with E-state index in [1.54, 1.807) is 13.8 Å². The molecule has 202 valence electrons. The zero-order chi connectivity index (χ0) is 26.9. The van der Waals surface area contributed by atoms with Gasteiger partial charge in [-0.3, -0.25) is 4.79 Å². The second kappa shape index (κ2) is 11.9.